The average molecular weight is 431 g/mol. The van der Waals surface area contributed by atoms with Crippen molar-refractivity contribution in [1.82, 2.24) is 15.1 Å². The second-order valence-corrected chi connectivity index (χ2v) is 7.95. The van der Waals surface area contributed by atoms with Gasteiger partial charge in [-0.25, -0.2) is 0 Å². The van der Waals surface area contributed by atoms with Crippen LogP contribution in [0.4, 0.5) is 5.69 Å². The molecule has 7 nitrogen and oxygen atoms in total. The number of fused-ring (bicyclic) bond motifs is 1. The summed E-state index contributed by atoms with van der Waals surface area (Å²) < 4.78 is 10.8. The number of hydrogen-bond acceptors (Lipinski definition) is 7. The predicted octanol–water partition coefficient (Wildman–Crippen LogP) is 4.19. The summed E-state index contributed by atoms with van der Waals surface area (Å²) in [6.07, 6.45) is 0. The van der Waals surface area contributed by atoms with E-state index in [0.717, 1.165) is 35.2 Å². The fraction of sp³-hybridized carbons (Fsp3) is 0.250. The molecule has 0 fully saturated rings. The molecule has 1 amide bonds. The Hall–Kier alpha value is -2.68. The van der Waals surface area contributed by atoms with Crippen molar-refractivity contribution in [2.75, 3.05) is 18.7 Å². The highest BCUT2D eigenvalue weighted by atomic mass is 35.5. The van der Waals surface area contributed by atoms with Gasteiger partial charge in [0.25, 0.3) is 5.91 Å². The molecule has 0 saturated carbocycles. The summed E-state index contributed by atoms with van der Waals surface area (Å²) in [4.78, 5) is 14.6. The molecule has 150 valence electrons. The van der Waals surface area contributed by atoms with Crippen molar-refractivity contribution in [3.05, 3.63) is 63.1 Å². The summed E-state index contributed by atoms with van der Waals surface area (Å²) in [6.45, 7) is 4.53. The number of nitrogens with one attached hydrogen (secondary N) is 1. The molecule has 9 heteroatoms. The Balaban J connectivity index is 1.38. The first kappa shape index (κ1) is 19.6. The monoisotopic (exact) mass is 430 g/mol. The van der Waals surface area contributed by atoms with Crippen molar-refractivity contribution in [2.24, 2.45) is 0 Å². The van der Waals surface area contributed by atoms with Gasteiger partial charge in [0.1, 0.15) is 5.01 Å². The molecule has 1 aliphatic rings. The zero-order chi connectivity index (χ0) is 20.2. The van der Waals surface area contributed by atoms with Crippen LogP contribution in [0.1, 0.15) is 27.3 Å². The van der Waals surface area contributed by atoms with Gasteiger partial charge >= 0.3 is 0 Å². The molecule has 3 aromatic rings. The minimum absolute atomic E-state index is 0.266. The number of rotatable bonds is 7. The first-order valence-electron chi connectivity index (χ1n) is 9.11. The zero-order valence-electron chi connectivity index (χ0n) is 15.7. The highest BCUT2D eigenvalue weighted by Crippen LogP contribution is 2.33. The van der Waals surface area contributed by atoms with Crippen LogP contribution in [0.5, 0.6) is 11.5 Å². The van der Waals surface area contributed by atoms with Crippen LogP contribution >= 0.6 is 22.9 Å². The van der Waals surface area contributed by atoms with E-state index in [1.807, 2.05) is 18.2 Å². The summed E-state index contributed by atoms with van der Waals surface area (Å²) in [5.41, 5.74) is 1.79. The Morgan fingerprint density at radius 3 is 2.72 bits per heavy atom. The van der Waals surface area contributed by atoms with Gasteiger partial charge in [-0.1, -0.05) is 35.9 Å². The van der Waals surface area contributed by atoms with Crippen molar-refractivity contribution < 1.29 is 14.3 Å². The van der Waals surface area contributed by atoms with E-state index in [1.165, 1.54) is 11.3 Å². The topological polar surface area (TPSA) is 76.6 Å². The number of carbonyl (C=O) groups is 1. The lowest BCUT2D eigenvalue weighted by Gasteiger charge is -2.19. The molecule has 0 aliphatic carbocycles. The molecule has 0 radical (unpaired) electrons. The fourth-order valence-corrected chi connectivity index (χ4v) is 3.80. The summed E-state index contributed by atoms with van der Waals surface area (Å²) in [5, 5.41) is 12.7. The molecule has 29 heavy (non-hydrogen) atoms. The van der Waals surface area contributed by atoms with E-state index >= 15 is 0 Å². The van der Waals surface area contributed by atoms with E-state index in [1.54, 1.807) is 24.3 Å². The number of halogens is 1. The molecule has 1 aliphatic heterocycles. The van der Waals surface area contributed by atoms with Gasteiger partial charge in [-0.2, -0.15) is 0 Å². The molecule has 2 aromatic carbocycles. The number of anilines is 1. The van der Waals surface area contributed by atoms with E-state index in [9.17, 15) is 4.79 Å². The van der Waals surface area contributed by atoms with Crippen molar-refractivity contribution in [3.8, 4) is 11.5 Å². The summed E-state index contributed by atoms with van der Waals surface area (Å²) in [5.74, 6) is 1.27. The standard InChI is InChI=1S/C20H19ClN4O3S/c1-2-25(10-13-3-8-16-17(9-13)28-12-27-16)11-18-23-24-20(29-18)19(26)22-15-6-4-14(21)5-7-15/h3-9H,2,10-12H2,1H3,(H,22,26). The third-order valence-electron chi connectivity index (χ3n) is 4.41. The molecule has 2 heterocycles. The third-order valence-corrected chi connectivity index (χ3v) is 5.57. The maximum atomic E-state index is 12.4. The highest BCUT2D eigenvalue weighted by Gasteiger charge is 2.17. The highest BCUT2D eigenvalue weighted by molar-refractivity contribution is 7.13. The van der Waals surface area contributed by atoms with Gasteiger partial charge in [0.2, 0.25) is 11.8 Å². The predicted molar refractivity (Wildman–Crippen MR) is 112 cm³/mol. The maximum Gasteiger partial charge on any atom is 0.286 e. The number of aromatic nitrogens is 2. The second-order valence-electron chi connectivity index (χ2n) is 6.45. The molecule has 0 spiro atoms. The normalized spacial score (nSPS) is 12.4. The number of hydrogen-bond donors (Lipinski definition) is 1. The molecule has 0 bridgehead atoms. The van der Waals surface area contributed by atoms with Crippen LogP contribution in [0.2, 0.25) is 5.02 Å². The quantitative estimate of drug-likeness (QED) is 0.605. The van der Waals surface area contributed by atoms with Gasteiger partial charge in [-0.05, 0) is 48.5 Å². The van der Waals surface area contributed by atoms with E-state index in [4.69, 9.17) is 21.1 Å². The number of nitrogens with zero attached hydrogens (tertiary/aromatic N) is 3. The van der Waals surface area contributed by atoms with Gasteiger partial charge in [-0.15, -0.1) is 10.2 Å². The van der Waals surface area contributed by atoms with Crippen molar-refractivity contribution in [2.45, 2.75) is 20.0 Å². The molecular weight excluding hydrogens is 412 g/mol. The number of benzene rings is 2. The Kier molecular flexibility index (Phi) is 5.94. The van der Waals surface area contributed by atoms with Crippen molar-refractivity contribution in [3.63, 3.8) is 0 Å². The largest absolute Gasteiger partial charge is 0.454 e. The van der Waals surface area contributed by atoms with Gasteiger partial charge in [0, 0.05) is 17.3 Å². The molecular formula is C20H19ClN4O3S. The lowest BCUT2D eigenvalue weighted by molar-refractivity contribution is 0.102. The zero-order valence-corrected chi connectivity index (χ0v) is 17.3. The van der Waals surface area contributed by atoms with E-state index in [2.05, 4.69) is 27.3 Å². The molecule has 1 aromatic heterocycles. The summed E-state index contributed by atoms with van der Waals surface area (Å²) >= 11 is 7.16. The number of carbonyl (C=O) groups excluding carboxylic acids is 1. The van der Waals surface area contributed by atoms with Gasteiger partial charge in [-0.3, -0.25) is 9.69 Å². The van der Waals surface area contributed by atoms with Crippen molar-refractivity contribution >= 4 is 34.5 Å². The third kappa shape index (κ3) is 4.84. The van der Waals surface area contributed by atoms with Gasteiger partial charge < -0.3 is 14.8 Å². The van der Waals surface area contributed by atoms with E-state index in [0.29, 0.717) is 22.3 Å². The van der Waals surface area contributed by atoms with E-state index in [-0.39, 0.29) is 12.7 Å². The van der Waals surface area contributed by atoms with Crippen LogP contribution in [0, 0.1) is 0 Å². The van der Waals surface area contributed by atoms with Crippen LogP contribution < -0.4 is 14.8 Å². The summed E-state index contributed by atoms with van der Waals surface area (Å²) in [7, 11) is 0. The molecule has 1 N–H and O–H groups in total. The van der Waals surface area contributed by atoms with Crippen molar-refractivity contribution in [1.29, 1.82) is 0 Å². The van der Waals surface area contributed by atoms with Crippen LogP contribution in [0.3, 0.4) is 0 Å². The lowest BCUT2D eigenvalue weighted by Crippen LogP contribution is -2.22. The first-order valence-corrected chi connectivity index (χ1v) is 10.3. The molecule has 4 rings (SSSR count). The van der Waals surface area contributed by atoms with Gasteiger partial charge in [0.05, 0.1) is 6.54 Å². The Morgan fingerprint density at radius 1 is 1.14 bits per heavy atom. The fourth-order valence-electron chi connectivity index (χ4n) is 2.90. The second kappa shape index (κ2) is 8.77. The lowest BCUT2D eigenvalue weighted by atomic mass is 10.2. The smallest absolute Gasteiger partial charge is 0.286 e. The Morgan fingerprint density at radius 2 is 1.93 bits per heavy atom. The molecule has 0 atom stereocenters. The van der Waals surface area contributed by atoms with Crippen LogP contribution in [-0.4, -0.2) is 34.3 Å². The van der Waals surface area contributed by atoms with Gasteiger partial charge in [0.15, 0.2) is 11.5 Å². The van der Waals surface area contributed by atoms with Crippen LogP contribution in [0.25, 0.3) is 0 Å². The Bertz CT molecular complexity index is 1010. The SMILES string of the molecule is CCN(Cc1ccc2c(c1)OCO2)Cc1nnc(C(=O)Nc2ccc(Cl)cc2)s1. The minimum Gasteiger partial charge on any atom is -0.454 e. The molecule has 0 saturated heterocycles. The number of amides is 1. The Labute approximate surface area is 177 Å². The average Bonchev–Trinajstić information content (AvgIpc) is 3.38. The summed E-state index contributed by atoms with van der Waals surface area (Å²) in [6, 6.07) is 12.9. The van der Waals surface area contributed by atoms with Crippen LogP contribution in [-0.2, 0) is 13.1 Å². The van der Waals surface area contributed by atoms with Crippen LogP contribution in [0.15, 0.2) is 42.5 Å². The van der Waals surface area contributed by atoms with E-state index < -0.39 is 0 Å². The maximum absolute atomic E-state index is 12.4. The number of ether oxygens (including phenoxy) is 2. The first-order chi connectivity index (χ1) is 14.1. The minimum atomic E-state index is -0.283. The molecule has 0 unspecified atom stereocenters.